The van der Waals surface area contributed by atoms with Crippen LogP contribution in [0.2, 0.25) is 0 Å². The third kappa shape index (κ3) is 3.64. The highest BCUT2D eigenvalue weighted by Gasteiger charge is 2.20. The van der Waals surface area contributed by atoms with Gasteiger partial charge in [0.05, 0.1) is 17.4 Å². The summed E-state index contributed by atoms with van der Waals surface area (Å²) in [6, 6.07) is 9.22. The number of nitrogens with one attached hydrogen (secondary N) is 1. The molecule has 0 radical (unpaired) electrons. The fourth-order valence-corrected chi connectivity index (χ4v) is 2.95. The summed E-state index contributed by atoms with van der Waals surface area (Å²) in [7, 11) is 1.78. The van der Waals surface area contributed by atoms with Crippen molar-refractivity contribution in [3.05, 3.63) is 41.2 Å². The van der Waals surface area contributed by atoms with Crippen LogP contribution in [0.25, 0.3) is 0 Å². The van der Waals surface area contributed by atoms with Gasteiger partial charge in [-0.05, 0) is 44.0 Å². The molecule has 0 bridgehead atoms. The van der Waals surface area contributed by atoms with Gasteiger partial charge in [0.25, 0.3) is 5.91 Å². The third-order valence-electron chi connectivity index (χ3n) is 4.53. The molecule has 1 aliphatic rings. The van der Waals surface area contributed by atoms with Gasteiger partial charge in [-0.1, -0.05) is 0 Å². The molecule has 1 amide bonds. The number of hydrogen-bond donors (Lipinski definition) is 2. The quantitative estimate of drug-likeness (QED) is 0.889. The molecule has 7 heteroatoms. The van der Waals surface area contributed by atoms with Crippen LogP contribution in [0.4, 0.5) is 11.4 Å². The maximum Gasteiger partial charge on any atom is 0.276 e. The van der Waals surface area contributed by atoms with Crippen molar-refractivity contribution in [2.45, 2.75) is 25.9 Å². The van der Waals surface area contributed by atoms with E-state index in [-0.39, 0.29) is 12.0 Å². The molecule has 130 valence electrons. The summed E-state index contributed by atoms with van der Waals surface area (Å²) in [5.41, 5.74) is 3.14. The number of hydrogen-bond acceptors (Lipinski definition) is 5. The molecule has 1 aliphatic heterocycles. The van der Waals surface area contributed by atoms with Gasteiger partial charge in [-0.3, -0.25) is 9.48 Å². The first-order valence-electron chi connectivity index (χ1n) is 8.27. The zero-order valence-electron chi connectivity index (χ0n) is 14.4. The number of aryl methyl sites for hydroxylation is 2. The van der Waals surface area contributed by atoms with Crippen molar-refractivity contribution in [3.8, 4) is 6.07 Å². The summed E-state index contributed by atoms with van der Waals surface area (Å²) in [6.45, 7) is 3.31. The van der Waals surface area contributed by atoms with Crippen molar-refractivity contribution < 1.29 is 9.90 Å². The molecule has 2 N–H and O–H groups in total. The molecular weight excluding hydrogens is 318 g/mol. The summed E-state index contributed by atoms with van der Waals surface area (Å²) >= 11 is 0. The first kappa shape index (κ1) is 17.0. The second-order valence-corrected chi connectivity index (χ2v) is 6.31. The van der Waals surface area contributed by atoms with E-state index in [0.29, 0.717) is 29.8 Å². The van der Waals surface area contributed by atoms with Gasteiger partial charge in [0.2, 0.25) is 0 Å². The molecule has 1 aromatic carbocycles. The van der Waals surface area contributed by atoms with Gasteiger partial charge in [0.15, 0.2) is 5.69 Å². The Morgan fingerprint density at radius 2 is 2.08 bits per heavy atom. The number of aliphatic hydroxyl groups is 1. The van der Waals surface area contributed by atoms with E-state index in [4.69, 9.17) is 0 Å². The number of piperidine rings is 1. The van der Waals surface area contributed by atoms with Gasteiger partial charge in [-0.25, -0.2) is 0 Å². The van der Waals surface area contributed by atoms with Crippen molar-refractivity contribution in [2.24, 2.45) is 7.05 Å². The lowest BCUT2D eigenvalue weighted by molar-refractivity contribution is 0.102. The van der Waals surface area contributed by atoms with Gasteiger partial charge in [-0.2, -0.15) is 10.4 Å². The van der Waals surface area contributed by atoms with Crippen molar-refractivity contribution in [1.82, 2.24) is 9.78 Å². The Bertz CT molecular complexity index is 809. The Morgan fingerprint density at radius 1 is 1.36 bits per heavy atom. The predicted octanol–water partition coefficient (Wildman–Crippen LogP) is 1.81. The van der Waals surface area contributed by atoms with Crippen LogP contribution in [0.15, 0.2) is 24.3 Å². The molecule has 2 heterocycles. The zero-order chi connectivity index (χ0) is 18.0. The van der Waals surface area contributed by atoms with E-state index in [1.807, 2.05) is 13.0 Å². The minimum Gasteiger partial charge on any atom is -0.393 e. The Hall–Kier alpha value is -2.85. The topological polar surface area (TPSA) is 94.2 Å². The van der Waals surface area contributed by atoms with Gasteiger partial charge in [0.1, 0.15) is 6.07 Å². The number of carbonyl (C=O) groups is 1. The summed E-state index contributed by atoms with van der Waals surface area (Å²) < 4.78 is 1.64. The third-order valence-corrected chi connectivity index (χ3v) is 4.53. The molecule has 1 aromatic heterocycles. The van der Waals surface area contributed by atoms with Crippen LogP contribution in [0.5, 0.6) is 0 Å². The highest BCUT2D eigenvalue weighted by atomic mass is 16.3. The van der Waals surface area contributed by atoms with E-state index in [1.54, 1.807) is 29.9 Å². The molecule has 7 nitrogen and oxygen atoms in total. The number of anilines is 2. The Labute approximate surface area is 146 Å². The van der Waals surface area contributed by atoms with Crippen LogP contribution in [-0.2, 0) is 7.05 Å². The molecule has 0 saturated carbocycles. The standard InChI is InChI=1S/C18H21N5O2/c1-12-9-16(21-22(12)2)18(25)20-14-3-4-17(13(10-14)11-19)23-7-5-15(24)6-8-23/h3-4,9-10,15,24H,5-8H2,1-2H3,(H,20,25). The zero-order valence-corrected chi connectivity index (χ0v) is 14.4. The lowest BCUT2D eigenvalue weighted by Crippen LogP contribution is -2.36. The first-order chi connectivity index (χ1) is 12.0. The molecule has 3 rings (SSSR count). The minimum atomic E-state index is -0.304. The van der Waals surface area contributed by atoms with Crippen molar-refractivity contribution in [1.29, 1.82) is 5.26 Å². The summed E-state index contributed by atoms with van der Waals surface area (Å²) in [5, 5.41) is 26.0. The number of rotatable bonds is 3. The molecule has 0 spiro atoms. The average molecular weight is 339 g/mol. The minimum absolute atomic E-state index is 0.262. The Kier molecular flexibility index (Phi) is 4.72. The number of nitriles is 1. The van der Waals surface area contributed by atoms with E-state index >= 15 is 0 Å². The monoisotopic (exact) mass is 339 g/mol. The normalized spacial score (nSPS) is 15.0. The molecule has 0 atom stereocenters. The molecule has 0 unspecified atom stereocenters. The summed E-state index contributed by atoms with van der Waals surface area (Å²) in [4.78, 5) is 14.4. The van der Waals surface area contributed by atoms with Crippen LogP contribution < -0.4 is 10.2 Å². The summed E-state index contributed by atoms with van der Waals surface area (Å²) in [5.74, 6) is -0.304. The average Bonchev–Trinajstić information content (AvgIpc) is 2.95. The van der Waals surface area contributed by atoms with E-state index in [9.17, 15) is 15.2 Å². The first-order valence-corrected chi connectivity index (χ1v) is 8.27. The van der Waals surface area contributed by atoms with Crippen LogP contribution in [0.1, 0.15) is 34.6 Å². The van der Waals surface area contributed by atoms with Crippen LogP contribution >= 0.6 is 0 Å². The van der Waals surface area contributed by atoms with Gasteiger partial charge in [-0.15, -0.1) is 0 Å². The summed E-state index contributed by atoms with van der Waals surface area (Å²) in [6.07, 6.45) is 1.13. The number of aromatic nitrogens is 2. The number of carbonyl (C=O) groups excluding carboxylic acids is 1. The lowest BCUT2D eigenvalue weighted by Gasteiger charge is -2.32. The molecular formula is C18H21N5O2. The van der Waals surface area contributed by atoms with Gasteiger partial charge < -0.3 is 15.3 Å². The molecule has 0 aliphatic carbocycles. The van der Waals surface area contributed by atoms with Crippen LogP contribution in [0, 0.1) is 18.3 Å². The molecule has 1 saturated heterocycles. The number of amides is 1. The highest BCUT2D eigenvalue weighted by Crippen LogP contribution is 2.27. The lowest BCUT2D eigenvalue weighted by atomic mass is 10.0. The predicted molar refractivity (Wildman–Crippen MR) is 94.5 cm³/mol. The van der Waals surface area contributed by atoms with Gasteiger partial charge in [0, 0.05) is 31.5 Å². The van der Waals surface area contributed by atoms with E-state index in [0.717, 1.165) is 24.5 Å². The van der Waals surface area contributed by atoms with Crippen molar-refractivity contribution >= 4 is 17.3 Å². The second kappa shape index (κ2) is 6.95. The second-order valence-electron chi connectivity index (χ2n) is 6.31. The van der Waals surface area contributed by atoms with Crippen molar-refractivity contribution in [2.75, 3.05) is 23.3 Å². The van der Waals surface area contributed by atoms with E-state index < -0.39 is 0 Å². The molecule has 2 aromatic rings. The van der Waals surface area contributed by atoms with Gasteiger partial charge >= 0.3 is 0 Å². The number of nitrogens with zero attached hydrogens (tertiary/aromatic N) is 4. The Morgan fingerprint density at radius 3 is 2.68 bits per heavy atom. The highest BCUT2D eigenvalue weighted by molar-refractivity contribution is 6.03. The smallest absolute Gasteiger partial charge is 0.276 e. The maximum absolute atomic E-state index is 12.3. The van der Waals surface area contributed by atoms with E-state index in [1.165, 1.54) is 0 Å². The van der Waals surface area contributed by atoms with E-state index in [2.05, 4.69) is 21.4 Å². The largest absolute Gasteiger partial charge is 0.393 e. The van der Waals surface area contributed by atoms with Crippen molar-refractivity contribution in [3.63, 3.8) is 0 Å². The fraction of sp³-hybridized carbons (Fsp3) is 0.389. The fourth-order valence-electron chi connectivity index (χ4n) is 2.95. The van der Waals surface area contributed by atoms with Crippen LogP contribution in [0.3, 0.4) is 0 Å². The van der Waals surface area contributed by atoms with Crippen LogP contribution in [-0.4, -0.2) is 40.0 Å². The number of benzene rings is 1. The molecule has 1 fully saturated rings. The SMILES string of the molecule is Cc1cc(C(=O)Nc2ccc(N3CCC(O)CC3)c(C#N)c2)nn1C. The Balaban J connectivity index is 1.77. The molecule has 25 heavy (non-hydrogen) atoms. The maximum atomic E-state index is 12.3. The number of aliphatic hydroxyl groups excluding tert-OH is 1.